The van der Waals surface area contributed by atoms with E-state index in [2.05, 4.69) is 13.8 Å². The molecule has 0 saturated carbocycles. The minimum atomic E-state index is -3.90. The molecule has 38 heavy (non-hydrogen) atoms. The van der Waals surface area contributed by atoms with E-state index in [0.717, 1.165) is 36.8 Å². The molecule has 0 amide bonds. The molecule has 1 fully saturated rings. The Morgan fingerprint density at radius 3 is 1.95 bits per heavy atom. The van der Waals surface area contributed by atoms with Crippen LogP contribution in [0.5, 0.6) is 0 Å². The second-order valence-electron chi connectivity index (χ2n) is 10.3. The fourth-order valence-corrected chi connectivity index (χ4v) is 8.17. The van der Waals surface area contributed by atoms with Crippen LogP contribution >= 0.6 is 0 Å². The number of hydrogen-bond donors (Lipinski definition) is 0. The first-order valence-electron chi connectivity index (χ1n) is 13.4. The normalized spacial score (nSPS) is 17.2. The topological polar surface area (TPSA) is 74.8 Å². The lowest BCUT2D eigenvalue weighted by molar-refractivity contribution is 0.246. The van der Waals surface area contributed by atoms with Gasteiger partial charge in [0.1, 0.15) is 0 Å². The fraction of sp³-hybridized carbons (Fsp3) is 0.400. The third-order valence-electron chi connectivity index (χ3n) is 7.32. The summed E-state index contributed by atoms with van der Waals surface area (Å²) in [6.45, 7) is 7.17. The molecule has 3 aromatic carbocycles. The molecule has 4 rings (SSSR count). The second-order valence-corrected chi connectivity index (χ2v) is 14.1. The summed E-state index contributed by atoms with van der Waals surface area (Å²) >= 11 is 0. The van der Waals surface area contributed by atoms with Gasteiger partial charge in [0.05, 0.1) is 9.79 Å². The van der Waals surface area contributed by atoms with Gasteiger partial charge >= 0.3 is 0 Å². The summed E-state index contributed by atoms with van der Waals surface area (Å²) in [6.07, 6.45) is 3.49. The molecule has 6 nitrogen and oxygen atoms in total. The highest BCUT2D eigenvalue weighted by Gasteiger charge is 2.33. The molecule has 1 aliphatic rings. The van der Waals surface area contributed by atoms with E-state index in [1.807, 2.05) is 61.5 Å². The number of piperidine rings is 1. The Morgan fingerprint density at radius 1 is 0.789 bits per heavy atom. The lowest BCUT2D eigenvalue weighted by Crippen LogP contribution is -2.43. The van der Waals surface area contributed by atoms with Gasteiger partial charge in [0.2, 0.25) is 20.0 Å². The van der Waals surface area contributed by atoms with Crippen molar-refractivity contribution in [1.82, 2.24) is 8.61 Å². The maximum absolute atomic E-state index is 13.8. The molecule has 0 bridgehead atoms. The van der Waals surface area contributed by atoms with Crippen molar-refractivity contribution in [2.24, 2.45) is 0 Å². The van der Waals surface area contributed by atoms with Crippen molar-refractivity contribution in [1.29, 1.82) is 0 Å². The molecule has 1 saturated heterocycles. The predicted molar refractivity (Wildman–Crippen MR) is 152 cm³/mol. The van der Waals surface area contributed by atoms with Crippen LogP contribution in [0.15, 0.2) is 88.7 Å². The highest BCUT2D eigenvalue weighted by Crippen LogP contribution is 2.29. The molecule has 0 radical (unpaired) electrons. The smallest absolute Gasteiger partial charge is 0.207 e. The van der Waals surface area contributed by atoms with Crippen molar-refractivity contribution in [2.45, 2.75) is 81.3 Å². The Bertz CT molecular complexity index is 1400. The van der Waals surface area contributed by atoms with E-state index in [0.29, 0.717) is 12.5 Å². The average molecular weight is 555 g/mol. The van der Waals surface area contributed by atoms with E-state index in [9.17, 15) is 16.8 Å². The third-order valence-corrected chi connectivity index (χ3v) is 11.1. The van der Waals surface area contributed by atoms with E-state index in [4.69, 9.17) is 0 Å². The van der Waals surface area contributed by atoms with E-state index >= 15 is 0 Å². The molecule has 0 aromatic heterocycles. The molecular formula is C30H38N2O4S2. The van der Waals surface area contributed by atoms with Crippen molar-refractivity contribution >= 4 is 20.0 Å². The van der Waals surface area contributed by atoms with Gasteiger partial charge in [-0.1, -0.05) is 81.8 Å². The Labute approximate surface area is 228 Å². The highest BCUT2D eigenvalue weighted by molar-refractivity contribution is 7.89. The summed E-state index contributed by atoms with van der Waals surface area (Å²) in [4.78, 5) is 0.215. The first-order chi connectivity index (χ1) is 18.1. The molecule has 0 aliphatic carbocycles. The molecule has 3 aromatic rings. The van der Waals surface area contributed by atoms with Gasteiger partial charge < -0.3 is 0 Å². The van der Waals surface area contributed by atoms with Crippen LogP contribution in [0.4, 0.5) is 0 Å². The van der Waals surface area contributed by atoms with Crippen molar-refractivity contribution in [3.63, 3.8) is 0 Å². The Morgan fingerprint density at radius 2 is 1.37 bits per heavy atom. The van der Waals surface area contributed by atoms with Crippen molar-refractivity contribution in [3.8, 4) is 0 Å². The zero-order valence-corrected chi connectivity index (χ0v) is 24.1. The van der Waals surface area contributed by atoms with Gasteiger partial charge in [-0.05, 0) is 66.1 Å². The minimum Gasteiger partial charge on any atom is -0.207 e. The van der Waals surface area contributed by atoms with Gasteiger partial charge in [0, 0.05) is 25.7 Å². The standard InChI is InChI=1S/C30H38N2O4S2/c1-4-28-12-8-9-21-32(28)38(35,36)30-19-17-29(18-20-30)37(33,34)31(22-25-10-6-5-7-11-25)23-26-13-15-27(16-14-26)24(2)3/h5-7,10-11,13-20,24,28H,4,8-9,12,21-23H2,1-3H3/t28-/m1/s1. The minimum absolute atomic E-state index is 0.0133. The van der Waals surface area contributed by atoms with E-state index in [-0.39, 0.29) is 28.9 Å². The second kappa shape index (κ2) is 12.1. The van der Waals surface area contributed by atoms with Gasteiger partial charge in [-0.3, -0.25) is 0 Å². The molecule has 1 aliphatic heterocycles. The van der Waals surface area contributed by atoms with E-state index in [1.165, 1.54) is 34.1 Å². The highest BCUT2D eigenvalue weighted by atomic mass is 32.2. The van der Waals surface area contributed by atoms with Crippen LogP contribution in [0.3, 0.4) is 0 Å². The Balaban J connectivity index is 1.63. The molecule has 1 heterocycles. The molecular weight excluding hydrogens is 516 g/mol. The molecule has 204 valence electrons. The monoisotopic (exact) mass is 554 g/mol. The van der Waals surface area contributed by atoms with Crippen LogP contribution in [0.1, 0.15) is 69.1 Å². The van der Waals surface area contributed by atoms with E-state index < -0.39 is 20.0 Å². The van der Waals surface area contributed by atoms with Gasteiger partial charge in [0.15, 0.2) is 0 Å². The Kier molecular flexibility index (Phi) is 9.08. The summed E-state index contributed by atoms with van der Waals surface area (Å²) in [7, 11) is -7.59. The maximum atomic E-state index is 13.8. The number of sulfonamides is 2. The predicted octanol–water partition coefficient (Wildman–Crippen LogP) is 6.15. The quantitative estimate of drug-likeness (QED) is 0.301. The third kappa shape index (κ3) is 6.37. The largest absolute Gasteiger partial charge is 0.243 e. The lowest BCUT2D eigenvalue weighted by Gasteiger charge is -2.34. The van der Waals surface area contributed by atoms with Gasteiger partial charge in [-0.2, -0.15) is 8.61 Å². The van der Waals surface area contributed by atoms with Crippen molar-refractivity contribution < 1.29 is 16.8 Å². The molecule has 0 N–H and O–H groups in total. The molecule has 0 unspecified atom stereocenters. The summed E-state index contributed by atoms with van der Waals surface area (Å²) in [5.74, 6) is 0.389. The van der Waals surface area contributed by atoms with Crippen LogP contribution in [-0.4, -0.2) is 38.0 Å². The maximum Gasteiger partial charge on any atom is 0.243 e. The molecule has 1 atom stereocenters. The van der Waals surface area contributed by atoms with Crippen LogP contribution in [0.2, 0.25) is 0 Å². The summed E-state index contributed by atoms with van der Waals surface area (Å²) in [5, 5.41) is 0. The van der Waals surface area contributed by atoms with Gasteiger partial charge in [-0.15, -0.1) is 0 Å². The first-order valence-corrected chi connectivity index (χ1v) is 16.3. The zero-order valence-electron chi connectivity index (χ0n) is 22.5. The fourth-order valence-electron chi connectivity index (χ4n) is 4.99. The molecule has 8 heteroatoms. The summed E-state index contributed by atoms with van der Waals surface area (Å²) < 4.78 is 57.5. The van der Waals surface area contributed by atoms with Crippen LogP contribution in [0.25, 0.3) is 0 Å². The van der Waals surface area contributed by atoms with Crippen molar-refractivity contribution in [2.75, 3.05) is 6.54 Å². The number of rotatable bonds is 10. The van der Waals surface area contributed by atoms with E-state index in [1.54, 1.807) is 4.31 Å². The van der Waals surface area contributed by atoms with Gasteiger partial charge in [0.25, 0.3) is 0 Å². The number of nitrogens with zero attached hydrogens (tertiary/aromatic N) is 2. The summed E-state index contributed by atoms with van der Waals surface area (Å²) in [5.41, 5.74) is 2.97. The van der Waals surface area contributed by atoms with Gasteiger partial charge in [-0.25, -0.2) is 16.8 Å². The average Bonchev–Trinajstić information content (AvgIpc) is 2.93. The zero-order chi connectivity index (χ0) is 27.3. The Hall–Kier alpha value is -2.52. The van der Waals surface area contributed by atoms with Crippen LogP contribution in [-0.2, 0) is 33.1 Å². The summed E-state index contributed by atoms with van der Waals surface area (Å²) in [6, 6.07) is 23.2. The number of benzene rings is 3. The van der Waals surface area contributed by atoms with Crippen LogP contribution < -0.4 is 0 Å². The SMILES string of the molecule is CC[C@@H]1CCCCN1S(=O)(=O)c1ccc(S(=O)(=O)N(Cc2ccccc2)Cc2ccc(C(C)C)cc2)cc1. The van der Waals surface area contributed by atoms with Crippen molar-refractivity contribution in [3.05, 3.63) is 95.6 Å². The first kappa shape index (κ1) is 28.5. The van der Waals surface area contributed by atoms with Crippen LogP contribution in [0, 0.1) is 0 Å². The lowest BCUT2D eigenvalue weighted by atomic mass is 10.0. The molecule has 0 spiro atoms. The number of hydrogen-bond acceptors (Lipinski definition) is 4.